The molecule has 2 aliphatic rings. The van der Waals surface area contributed by atoms with Crippen LogP contribution in [0.15, 0.2) is 52.9 Å². The molecule has 0 radical (unpaired) electrons. The van der Waals surface area contributed by atoms with Gasteiger partial charge in [0.1, 0.15) is 17.1 Å². The zero-order valence-electron chi connectivity index (χ0n) is 17.0. The standard InChI is InChI=1S/C25H30N2O2/c28-23-10-9-20-17-24(19-7-3-1-4-8-19)29-25(20)22(23)18-26-15-11-21(12-16-26)27-13-5-2-6-14-27/h1,3-4,7-10,17,21,28H,2,5-6,11-16,18H2. The van der Waals surface area contributed by atoms with Crippen molar-refractivity contribution in [3.8, 4) is 17.1 Å². The first-order valence-electron chi connectivity index (χ1n) is 11.0. The second-order valence-corrected chi connectivity index (χ2v) is 8.56. The fourth-order valence-corrected chi connectivity index (χ4v) is 5.00. The second kappa shape index (κ2) is 8.21. The van der Waals surface area contributed by atoms with Gasteiger partial charge in [-0.2, -0.15) is 0 Å². The van der Waals surface area contributed by atoms with Crippen molar-refractivity contribution in [2.24, 2.45) is 0 Å². The van der Waals surface area contributed by atoms with Gasteiger partial charge in [-0.25, -0.2) is 0 Å². The molecule has 3 heterocycles. The molecule has 0 bridgehead atoms. The highest BCUT2D eigenvalue weighted by atomic mass is 16.3. The van der Waals surface area contributed by atoms with Gasteiger partial charge in [0.2, 0.25) is 0 Å². The van der Waals surface area contributed by atoms with E-state index in [1.165, 1.54) is 45.2 Å². The fourth-order valence-electron chi connectivity index (χ4n) is 5.00. The van der Waals surface area contributed by atoms with Crippen LogP contribution in [0.5, 0.6) is 5.75 Å². The number of likely N-dealkylation sites (tertiary alicyclic amines) is 2. The molecule has 0 aliphatic carbocycles. The fraction of sp³-hybridized carbons (Fsp3) is 0.440. The number of phenols is 1. The molecule has 4 nitrogen and oxygen atoms in total. The van der Waals surface area contributed by atoms with Crippen LogP contribution in [0.1, 0.15) is 37.7 Å². The van der Waals surface area contributed by atoms with Crippen molar-refractivity contribution in [2.45, 2.75) is 44.7 Å². The third-order valence-corrected chi connectivity index (χ3v) is 6.67. The van der Waals surface area contributed by atoms with Crippen LogP contribution in [0.3, 0.4) is 0 Å². The summed E-state index contributed by atoms with van der Waals surface area (Å²) in [4.78, 5) is 5.18. The molecule has 0 spiro atoms. The van der Waals surface area contributed by atoms with Crippen molar-refractivity contribution < 1.29 is 9.52 Å². The Kier molecular flexibility index (Phi) is 5.30. The summed E-state index contributed by atoms with van der Waals surface area (Å²) < 4.78 is 6.23. The second-order valence-electron chi connectivity index (χ2n) is 8.56. The minimum Gasteiger partial charge on any atom is -0.507 e. The Morgan fingerprint density at radius 1 is 0.897 bits per heavy atom. The van der Waals surface area contributed by atoms with Gasteiger partial charge in [-0.05, 0) is 70.1 Å². The van der Waals surface area contributed by atoms with Gasteiger partial charge in [0, 0.05) is 23.5 Å². The van der Waals surface area contributed by atoms with E-state index in [2.05, 4.69) is 28.0 Å². The van der Waals surface area contributed by atoms with E-state index in [0.29, 0.717) is 5.75 Å². The summed E-state index contributed by atoms with van der Waals surface area (Å²) in [6, 6.07) is 16.7. The topological polar surface area (TPSA) is 39.9 Å². The minimum atomic E-state index is 0.338. The van der Waals surface area contributed by atoms with Crippen LogP contribution in [-0.2, 0) is 6.54 Å². The van der Waals surface area contributed by atoms with Gasteiger partial charge in [-0.1, -0.05) is 36.8 Å². The number of fused-ring (bicyclic) bond motifs is 1. The molecule has 5 rings (SSSR count). The van der Waals surface area contributed by atoms with Crippen LogP contribution in [0.4, 0.5) is 0 Å². The molecular formula is C25H30N2O2. The molecule has 2 aromatic carbocycles. The molecule has 1 N–H and O–H groups in total. The molecule has 29 heavy (non-hydrogen) atoms. The quantitative estimate of drug-likeness (QED) is 0.660. The molecular weight excluding hydrogens is 360 g/mol. The van der Waals surface area contributed by atoms with Gasteiger partial charge in [0.25, 0.3) is 0 Å². The normalized spacial score (nSPS) is 19.7. The number of hydrogen-bond acceptors (Lipinski definition) is 4. The van der Waals surface area contributed by atoms with Crippen molar-refractivity contribution in [3.63, 3.8) is 0 Å². The lowest BCUT2D eigenvalue weighted by atomic mass is 9.99. The highest BCUT2D eigenvalue weighted by Gasteiger charge is 2.26. The number of nitrogens with zero attached hydrogens (tertiary/aromatic N) is 2. The Labute approximate surface area is 172 Å². The molecule has 4 heteroatoms. The Morgan fingerprint density at radius 2 is 1.66 bits per heavy atom. The van der Waals surface area contributed by atoms with Gasteiger partial charge in [0.15, 0.2) is 0 Å². The predicted octanol–water partition coefficient (Wildman–Crippen LogP) is 5.26. The highest BCUT2D eigenvalue weighted by molar-refractivity contribution is 5.87. The average Bonchev–Trinajstić information content (AvgIpc) is 3.22. The lowest BCUT2D eigenvalue weighted by Gasteiger charge is -2.40. The van der Waals surface area contributed by atoms with Gasteiger partial charge in [-0.15, -0.1) is 0 Å². The molecule has 2 aliphatic heterocycles. The van der Waals surface area contributed by atoms with Crippen molar-refractivity contribution in [1.82, 2.24) is 9.80 Å². The van der Waals surface area contributed by atoms with Crippen molar-refractivity contribution in [3.05, 3.63) is 54.1 Å². The Bertz CT molecular complexity index is 952. The van der Waals surface area contributed by atoms with E-state index in [9.17, 15) is 5.11 Å². The van der Waals surface area contributed by atoms with Crippen molar-refractivity contribution >= 4 is 11.0 Å². The molecule has 0 amide bonds. The SMILES string of the molecule is Oc1ccc2cc(-c3ccccc3)oc2c1CN1CCC(N2CCCCC2)CC1. The van der Waals surface area contributed by atoms with E-state index in [-0.39, 0.29) is 0 Å². The monoisotopic (exact) mass is 390 g/mol. The maximum Gasteiger partial charge on any atom is 0.143 e. The minimum absolute atomic E-state index is 0.338. The lowest BCUT2D eigenvalue weighted by molar-refractivity contribution is 0.0894. The smallest absolute Gasteiger partial charge is 0.143 e. The zero-order valence-corrected chi connectivity index (χ0v) is 17.0. The molecule has 0 atom stereocenters. The summed E-state index contributed by atoms with van der Waals surface area (Å²) in [6.45, 7) is 5.48. The van der Waals surface area contributed by atoms with Gasteiger partial charge in [-0.3, -0.25) is 4.90 Å². The van der Waals surface area contributed by atoms with Gasteiger partial charge in [0.05, 0.1) is 5.56 Å². The predicted molar refractivity (Wildman–Crippen MR) is 117 cm³/mol. The summed E-state index contributed by atoms with van der Waals surface area (Å²) in [6.07, 6.45) is 6.57. The van der Waals surface area contributed by atoms with Crippen LogP contribution in [0.2, 0.25) is 0 Å². The number of aromatic hydroxyl groups is 1. The third-order valence-electron chi connectivity index (χ3n) is 6.67. The molecule has 1 aromatic heterocycles. The number of rotatable bonds is 4. The Balaban J connectivity index is 1.32. The van der Waals surface area contributed by atoms with E-state index >= 15 is 0 Å². The van der Waals surface area contributed by atoms with E-state index in [0.717, 1.165) is 53.5 Å². The molecule has 3 aromatic rings. The molecule has 2 saturated heterocycles. The Morgan fingerprint density at radius 3 is 2.41 bits per heavy atom. The first-order valence-corrected chi connectivity index (χ1v) is 11.0. The molecule has 152 valence electrons. The van der Waals surface area contributed by atoms with E-state index < -0.39 is 0 Å². The third kappa shape index (κ3) is 3.92. The number of furan rings is 1. The maximum absolute atomic E-state index is 10.6. The molecule has 0 saturated carbocycles. The lowest BCUT2D eigenvalue weighted by Crippen LogP contribution is -2.46. The summed E-state index contributed by atoms with van der Waals surface area (Å²) in [5.74, 6) is 1.20. The van der Waals surface area contributed by atoms with E-state index in [1.54, 1.807) is 0 Å². The molecule has 0 unspecified atom stereocenters. The van der Waals surface area contributed by atoms with E-state index in [1.807, 2.05) is 30.3 Å². The number of piperidine rings is 2. The van der Waals surface area contributed by atoms with Crippen LogP contribution in [-0.4, -0.2) is 47.1 Å². The maximum atomic E-state index is 10.6. The van der Waals surface area contributed by atoms with Crippen LogP contribution < -0.4 is 0 Å². The summed E-state index contributed by atoms with van der Waals surface area (Å²) >= 11 is 0. The number of benzene rings is 2. The number of phenolic OH excluding ortho intramolecular Hbond substituents is 1. The Hall–Kier alpha value is -2.30. The van der Waals surface area contributed by atoms with Crippen LogP contribution in [0, 0.1) is 0 Å². The van der Waals surface area contributed by atoms with Crippen LogP contribution >= 0.6 is 0 Å². The number of hydrogen-bond donors (Lipinski definition) is 1. The largest absolute Gasteiger partial charge is 0.507 e. The summed E-state index contributed by atoms with van der Waals surface area (Å²) in [5.41, 5.74) is 2.81. The van der Waals surface area contributed by atoms with E-state index in [4.69, 9.17) is 4.42 Å². The van der Waals surface area contributed by atoms with Gasteiger partial charge >= 0.3 is 0 Å². The first-order chi connectivity index (χ1) is 14.3. The average molecular weight is 391 g/mol. The molecule has 2 fully saturated rings. The summed E-state index contributed by atoms with van der Waals surface area (Å²) in [7, 11) is 0. The van der Waals surface area contributed by atoms with Gasteiger partial charge < -0.3 is 14.4 Å². The van der Waals surface area contributed by atoms with Crippen molar-refractivity contribution in [2.75, 3.05) is 26.2 Å². The summed E-state index contributed by atoms with van der Waals surface area (Å²) in [5, 5.41) is 11.6. The first kappa shape index (κ1) is 18.7. The zero-order chi connectivity index (χ0) is 19.6. The van der Waals surface area contributed by atoms with Crippen molar-refractivity contribution in [1.29, 1.82) is 0 Å². The van der Waals surface area contributed by atoms with Crippen LogP contribution in [0.25, 0.3) is 22.3 Å². The highest BCUT2D eigenvalue weighted by Crippen LogP contribution is 2.35.